The van der Waals surface area contributed by atoms with Crippen molar-refractivity contribution < 1.29 is 14.3 Å². The summed E-state index contributed by atoms with van der Waals surface area (Å²) >= 11 is 0. The number of ether oxygens (including phenoxy) is 2. The molecule has 0 fully saturated rings. The Morgan fingerprint density at radius 1 is 1.50 bits per heavy atom. The molecule has 96 valence electrons. The Morgan fingerprint density at radius 3 is 2.78 bits per heavy atom. The molecule has 0 spiro atoms. The Kier molecular flexibility index (Phi) is 3.15. The van der Waals surface area contributed by atoms with Crippen LogP contribution in [0.3, 0.4) is 0 Å². The smallest absolute Gasteiger partial charge is 0.262 e. The highest BCUT2D eigenvalue weighted by Gasteiger charge is 2.33. The summed E-state index contributed by atoms with van der Waals surface area (Å²) in [7, 11) is 4.64. The fourth-order valence-corrected chi connectivity index (χ4v) is 1.82. The predicted molar refractivity (Wildman–Crippen MR) is 65.8 cm³/mol. The molecule has 0 aromatic heterocycles. The van der Waals surface area contributed by atoms with E-state index >= 15 is 0 Å². The number of allylic oxidation sites excluding steroid dienone is 1. The number of methoxy groups -OCH3 is 2. The molecular formula is C11H14N4O3. The van der Waals surface area contributed by atoms with Gasteiger partial charge in [-0.25, -0.2) is 4.99 Å². The second-order valence-electron chi connectivity index (χ2n) is 3.78. The van der Waals surface area contributed by atoms with Gasteiger partial charge in [0, 0.05) is 20.2 Å². The molecule has 1 aliphatic carbocycles. The quantitative estimate of drug-likeness (QED) is 0.534. The van der Waals surface area contributed by atoms with E-state index in [0.29, 0.717) is 17.0 Å². The number of aliphatic imine (C=N–C) groups is 1. The molecule has 1 amide bonds. The number of rotatable bonds is 2. The molecule has 0 saturated carbocycles. The van der Waals surface area contributed by atoms with Gasteiger partial charge >= 0.3 is 0 Å². The summed E-state index contributed by atoms with van der Waals surface area (Å²) in [6, 6.07) is 0. The third-order valence-corrected chi connectivity index (χ3v) is 2.81. The topological polar surface area (TPSA) is 89.5 Å². The van der Waals surface area contributed by atoms with Crippen LogP contribution in [0.15, 0.2) is 33.6 Å². The molecule has 1 unspecified atom stereocenters. The summed E-state index contributed by atoms with van der Waals surface area (Å²) in [4.78, 5) is 17.6. The fourth-order valence-electron chi connectivity index (χ4n) is 1.82. The van der Waals surface area contributed by atoms with Crippen LogP contribution in [0.4, 0.5) is 0 Å². The number of hydrogen-bond acceptors (Lipinski definition) is 5. The largest absolute Gasteiger partial charge is 0.498 e. The van der Waals surface area contributed by atoms with Crippen molar-refractivity contribution >= 4 is 17.6 Å². The van der Waals surface area contributed by atoms with E-state index in [4.69, 9.17) is 15.3 Å². The first-order valence-corrected chi connectivity index (χ1v) is 5.27. The van der Waals surface area contributed by atoms with Crippen molar-refractivity contribution in [2.45, 2.75) is 6.10 Å². The lowest BCUT2D eigenvalue weighted by Crippen LogP contribution is -2.42. The zero-order valence-electron chi connectivity index (χ0n) is 10.4. The average molecular weight is 250 g/mol. The number of guanidine groups is 1. The summed E-state index contributed by atoms with van der Waals surface area (Å²) in [5.74, 6) is 5.70. The van der Waals surface area contributed by atoms with Crippen molar-refractivity contribution in [3.05, 3.63) is 23.5 Å². The second-order valence-corrected chi connectivity index (χ2v) is 3.78. The highest BCUT2D eigenvalue weighted by atomic mass is 16.5. The van der Waals surface area contributed by atoms with E-state index in [9.17, 15) is 4.79 Å². The van der Waals surface area contributed by atoms with Crippen LogP contribution in [0.25, 0.3) is 0 Å². The van der Waals surface area contributed by atoms with Gasteiger partial charge < -0.3 is 15.3 Å². The van der Waals surface area contributed by atoms with Gasteiger partial charge in [0.25, 0.3) is 5.91 Å². The molecule has 18 heavy (non-hydrogen) atoms. The molecule has 1 aliphatic heterocycles. The van der Waals surface area contributed by atoms with Crippen molar-refractivity contribution in [1.29, 1.82) is 0 Å². The number of nitrogens with zero attached hydrogens (tertiary/aromatic N) is 3. The lowest BCUT2D eigenvalue weighted by atomic mass is 9.98. The van der Waals surface area contributed by atoms with Crippen LogP contribution in [0.5, 0.6) is 0 Å². The van der Waals surface area contributed by atoms with Gasteiger partial charge in [-0.15, -0.1) is 5.10 Å². The maximum atomic E-state index is 12.1. The molecule has 2 aliphatic rings. The van der Waals surface area contributed by atoms with Gasteiger partial charge in [-0.1, -0.05) is 0 Å². The molecule has 2 N–H and O–H groups in total. The van der Waals surface area contributed by atoms with E-state index < -0.39 is 6.10 Å². The molecular weight excluding hydrogens is 236 g/mol. The van der Waals surface area contributed by atoms with Gasteiger partial charge in [-0.3, -0.25) is 9.69 Å². The van der Waals surface area contributed by atoms with Gasteiger partial charge in [0.2, 0.25) is 5.96 Å². The van der Waals surface area contributed by atoms with Crippen molar-refractivity contribution in [3.8, 4) is 0 Å². The fraction of sp³-hybridized carbons (Fsp3) is 0.364. The highest BCUT2D eigenvalue weighted by molar-refractivity contribution is 6.33. The summed E-state index contributed by atoms with van der Waals surface area (Å²) in [5.41, 5.74) is 0.935. The van der Waals surface area contributed by atoms with Crippen molar-refractivity contribution in [3.63, 3.8) is 0 Å². The molecule has 2 rings (SSSR count). The van der Waals surface area contributed by atoms with Crippen molar-refractivity contribution in [1.82, 2.24) is 4.90 Å². The number of likely N-dealkylation sites (N-methyl/N-ethyl adjacent to an activating group) is 1. The number of carbonyl (C=O) groups is 1. The van der Waals surface area contributed by atoms with Gasteiger partial charge in [0.05, 0.1) is 18.4 Å². The molecule has 0 aromatic rings. The summed E-state index contributed by atoms with van der Waals surface area (Å²) in [6.45, 7) is 0. The van der Waals surface area contributed by atoms with E-state index in [0.717, 1.165) is 0 Å². The molecule has 0 bridgehead atoms. The van der Waals surface area contributed by atoms with Crippen LogP contribution in [0, 0.1) is 0 Å². The van der Waals surface area contributed by atoms with E-state index in [1.807, 2.05) is 0 Å². The van der Waals surface area contributed by atoms with E-state index in [1.165, 1.54) is 12.0 Å². The first-order valence-electron chi connectivity index (χ1n) is 5.27. The lowest BCUT2D eigenvalue weighted by Gasteiger charge is -2.27. The normalized spacial score (nSPS) is 25.4. The molecule has 0 aromatic carbocycles. The van der Waals surface area contributed by atoms with Crippen LogP contribution < -0.4 is 5.84 Å². The third kappa shape index (κ3) is 1.78. The first kappa shape index (κ1) is 12.3. The van der Waals surface area contributed by atoms with Gasteiger partial charge in [-0.2, -0.15) is 0 Å². The maximum absolute atomic E-state index is 12.1. The summed E-state index contributed by atoms with van der Waals surface area (Å²) in [5, 5.41) is 3.47. The number of amides is 1. The third-order valence-electron chi connectivity index (χ3n) is 2.81. The number of fused-ring (bicyclic) bond motifs is 1. The second kappa shape index (κ2) is 4.61. The monoisotopic (exact) mass is 250 g/mol. The van der Waals surface area contributed by atoms with Crippen molar-refractivity contribution in [2.75, 3.05) is 21.3 Å². The molecule has 7 heteroatoms. The number of nitrogens with two attached hydrogens (primary N) is 1. The van der Waals surface area contributed by atoms with Gasteiger partial charge in [0.15, 0.2) is 0 Å². The molecule has 0 radical (unpaired) electrons. The maximum Gasteiger partial charge on any atom is 0.262 e. The molecule has 0 saturated heterocycles. The van der Waals surface area contributed by atoms with Gasteiger partial charge in [-0.05, 0) is 6.08 Å². The van der Waals surface area contributed by atoms with Crippen molar-refractivity contribution in [2.24, 2.45) is 15.9 Å². The van der Waals surface area contributed by atoms with Crippen LogP contribution in [-0.4, -0.2) is 49.8 Å². The Hall–Kier alpha value is -2.15. The molecule has 1 atom stereocenters. The minimum atomic E-state index is -0.391. The number of hydrogen-bond donors (Lipinski definition) is 1. The lowest BCUT2D eigenvalue weighted by molar-refractivity contribution is -0.122. The zero-order valence-corrected chi connectivity index (χ0v) is 10.4. The summed E-state index contributed by atoms with van der Waals surface area (Å²) < 4.78 is 10.4. The van der Waals surface area contributed by atoms with E-state index in [-0.39, 0.29) is 11.9 Å². The Bertz CT molecular complexity index is 504. The van der Waals surface area contributed by atoms with Crippen LogP contribution in [0.1, 0.15) is 0 Å². The SMILES string of the molecule is COC1=CC2=N/C(=N/N)N(C)C(=O)C2=CC1OC. The predicted octanol–water partition coefficient (Wildman–Crippen LogP) is -0.386. The standard InChI is InChI=1S/C11H14N4O3/c1-15-10(16)6-4-8(17-2)9(18-3)5-7(6)13-11(15)14-12/h4-5,8H,12H2,1-3H3/b14-11-. The van der Waals surface area contributed by atoms with Crippen LogP contribution in [0.2, 0.25) is 0 Å². The number of hydrazone groups is 1. The minimum absolute atomic E-state index is 0.162. The Morgan fingerprint density at radius 2 is 2.22 bits per heavy atom. The molecule has 7 nitrogen and oxygen atoms in total. The Balaban J connectivity index is 2.51. The van der Waals surface area contributed by atoms with E-state index in [2.05, 4.69) is 10.1 Å². The van der Waals surface area contributed by atoms with Gasteiger partial charge in [0.1, 0.15) is 11.9 Å². The number of carbonyl (C=O) groups excluding carboxylic acids is 1. The minimum Gasteiger partial charge on any atom is -0.498 e. The highest BCUT2D eigenvalue weighted by Crippen LogP contribution is 2.23. The zero-order chi connectivity index (χ0) is 13.3. The first-order chi connectivity index (χ1) is 8.62. The van der Waals surface area contributed by atoms with E-state index in [1.54, 1.807) is 26.3 Å². The average Bonchev–Trinajstić information content (AvgIpc) is 2.41. The van der Waals surface area contributed by atoms with Crippen LogP contribution in [-0.2, 0) is 14.3 Å². The van der Waals surface area contributed by atoms with Crippen LogP contribution >= 0.6 is 0 Å². The Labute approximate surface area is 104 Å². The molecule has 1 heterocycles. The summed E-state index contributed by atoms with van der Waals surface area (Å²) in [6.07, 6.45) is 2.93.